The fraction of sp³-hybridized carbons (Fsp3) is 0.562. The summed E-state index contributed by atoms with van der Waals surface area (Å²) in [4.78, 5) is 0. The van der Waals surface area contributed by atoms with Crippen LogP contribution in [-0.4, -0.2) is 5.54 Å². The van der Waals surface area contributed by atoms with Crippen molar-refractivity contribution in [1.82, 2.24) is 0 Å². The fourth-order valence-electron chi connectivity index (χ4n) is 2.31. The van der Waals surface area contributed by atoms with Crippen molar-refractivity contribution in [2.75, 3.05) is 0 Å². The molecule has 0 heterocycles. The Morgan fingerprint density at radius 3 is 2.15 bits per heavy atom. The van der Waals surface area contributed by atoms with Gasteiger partial charge in [-0.2, -0.15) is 15.5 Å². The van der Waals surface area contributed by atoms with E-state index in [9.17, 15) is 5.26 Å². The van der Waals surface area contributed by atoms with E-state index in [1.54, 1.807) is 0 Å². The number of hydrogen-bond acceptors (Lipinski definition) is 3. The Kier molecular flexibility index (Phi) is 6.35. The van der Waals surface area contributed by atoms with Gasteiger partial charge < -0.3 is 0 Å². The van der Waals surface area contributed by atoms with Gasteiger partial charge in [-0.25, -0.2) is 0 Å². The van der Waals surface area contributed by atoms with Crippen LogP contribution < -0.4 is 0 Å². The van der Waals surface area contributed by atoms with Crippen LogP contribution >= 0.6 is 15.9 Å². The first-order chi connectivity index (χ1) is 9.38. The molecule has 1 aromatic carbocycles. The molecule has 0 atom stereocenters. The van der Waals surface area contributed by atoms with Gasteiger partial charge in [-0.1, -0.05) is 39.8 Å². The van der Waals surface area contributed by atoms with Crippen LogP contribution in [-0.2, 0) is 0 Å². The summed E-state index contributed by atoms with van der Waals surface area (Å²) in [6, 6.07) is 10.1. The molecule has 0 unspecified atom stereocenters. The van der Waals surface area contributed by atoms with E-state index in [1.165, 1.54) is 0 Å². The van der Waals surface area contributed by atoms with Gasteiger partial charge in [0.25, 0.3) is 0 Å². The topological polar surface area (TPSA) is 48.5 Å². The van der Waals surface area contributed by atoms with Gasteiger partial charge in [0.2, 0.25) is 0 Å². The SMILES string of the molecule is CC(C)CC(C#N)(CC(C)C)N=Nc1ccccc1Br. The van der Waals surface area contributed by atoms with Crippen molar-refractivity contribution in [3.8, 4) is 6.07 Å². The Balaban J connectivity index is 3.06. The van der Waals surface area contributed by atoms with Crippen molar-refractivity contribution >= 4 is 21.6 Å². The smallest absolute Gasteiger partial charge is 0.168 e. The highest BCUT2D eigenvalue weighted by molar-refractivity contribution is 9.10. The molecule has 0 aliphatic rings. The average molecular weight is 336 g/mol. The normalized spacial score (nSPS) is 12.3. The van der Waals surface area contributed by atoms with Crippen LogP contribution in [0.25, 0.3) is 0 Å². The van der Waals surface area contributed by atoms with Crippen LogP contribution in [0, 0.1) is 23.2 Å². The lowest BCUT2D eigenvalue weighted by Crippen LogP contribution is -2.28. The molecule has 20 heavy (non-hydrogen) atoms. The van der Waals surface area contributed by atoms with Crippen molar-refractivity contribution < 1.29 is 0 Å². The minimum absolute atomic E-state index is 0.409. The van der Waals surface area contributed by atoms with Gasteiger partial charge in [-0.3, -0.25) is 0 Å². The second kappa shape index (κ2) is 7.54. The average Bonchev–Trinajstić information content (AvgIpc) is 2.36. The predicted molar refractivity (Wildman–Crippen MR) is 85.9 cm³/mol. The van der Waals surface area contributed by atoms with Crippen LogP contribution in [0.4, 0.5) is 5.69 Å². The summed E-state index contributed by atoms with van der Waals surface area (Å²) in [5.74, 6) is 0.818. The Morgan fingerprint density at radius 2 is 1.70 bits per heavy atom. The molecule has 108 valence electrons. The number of hydrogen-bond donors (Lipinski definition) is 0. The molecule has 0 amide bonds. The van der Waals surface area contributed by atoms with E-state index >= 15 is 0 Å². The van der Waals surface area contributed by atoms with E-state index < -0.39 is 5.54 Å². The van der Waals surface area contributed by atoms with Gasteiger partial charge in [0.1, 0.15) is 0 Å². The van der Waals surface area contributed by atoms with Gasteiger partial charge in [0.15, 0.2) is 5.54 Å². The zero-order valence-electron chi connectivity index (χ0n) is 12.6. The van der Waals surface area contributed by atoms with Gasteiger partial charge in [0, 0.05) is 4.47 Å². The maximum atomic E-state index is 9.61. The highest BCUT2D eigenvalue weighted by atomic mass is 79.9. The zero-order valence-corrected chi connectivity index (χ0v) is 14.2. The minimum atomic E-state index is -0.725. The second-order valence-electron chi connectivity index (χ2n) is 5.99. The largest absolute Gasteiger partial charge is 0.196 e. The van der Waals surface area contributed by atoms with Crippen LogP contribution in [0.2, 0.25) is 0 Å². The van der Waals surface area contributed by atoms with Gasteiger partial charge in [-0.15, -0.1) is 0 Å². The van der Waals surface area contributed by atoms with Crippen molar-refractivity contribution in [1.29, 1.82) is 5.26 Å². The first-order valence-electron chi connectivity index (χ1n) is 6.97. The minimum Gasteiger partial charge on any atom is -0.196 e. The van der Waals surface area contributed by atoms with Crippen molar-refractivity contribution in [3.05, 3.63) is 28.7 Å². The molecule has 0 radical (unpaired) electrons. The van der Waals surface area contributed by atoms with E-state index in [0.717, 1.165) is 23.0 Å². The van der Waals surface area contributed by atoms with Crippen LogP contribution in [0.1, 0.15) is 40.5 Å². The molecule has 0 N–H and O–H groups in total. The number of rotatable bonds is 6. The monoisotopic (exact) mass is 335 g/mol. The maximum absolute atomic E-state index is 9.61. The summed E-state index contributed by atoms with van der Waals surface area (Å²) >= 11 is 3.45. The van der Waals surface area contributed by atoms with Gasteiger partial charge in [-0.05, 0) is 52.7 Å². The summed E-state index contributed by atoms with van der Waals surface area (Å²) in [7, 11) is 0. The fourth-order valence-corrected chi connectivity index (χ4v) is 2.68. The van der Waals surface area contributed by atoms with Crippen LogP contribution in [0.5, 0.6) is 0 Å². The quantitative estimate of drug-likeness (QED) is 0.598. The van der Waals surface area contributed by atoms with E-state index in [0.29, 0.717) is 11.8 Å². The molecule has 3 nitrogen and oxygen atoms in total. The van der Waals surface area contributed by atoms with Crippen molar-refractivity contribution in [3.63, 3.8) is 0 Å². The molecule has 0 aliphatic carbocycles. The molecule has 1 rings (SSSR count). The molecule has 0 saturated heterocycles. The van der Waals surface area contributed by atoms with Gasteiger partial charge in [0.05, 0.1) is 11.8 Å². The summed E-state index contributed by atoms with van der Waals surface area (Å²) in [6.45, 7) is 8.45. The summed E-state index contributed by atoms with van der Waals surface area (Å²) in [5.41, 5.74) is 0.0390. The first-order valence-corrected chi connectivity index (χ1v) is 7.76. The molecule has 0 aliphatic heterocycles. The van der Waals surface area contributed by atoms with Crippen molar-refractivity contribution in [2.45, 2.75) is 46.1 Å². The lowest BCUT2D eigenvalue weighted by Gasteiger charge is -2.24. The molecule has 0 spiro atoms. The maximum Gasteiger partial charge on any atom is 0.168 e. The molecular formula is C16H22BrN3. The Bertz CT molecular complexity index is 491. The number of nitriles is 1. The van der Waals surface area contributed by atoms with Crippen molar-refractivity contribution in [2.24, 2.45) is 22.1 Å². The molecule has 0 fully saturated rings. The summed E-state index contributed by atoms with van der Waals surface area (Å²) in [5, 5.41) is 18.3. The molecule has 0 saturated carbocycles. The van der Waals surface area contributed by atoms with Crippen LogP contribution in [0.3, 0.4) is 0 Å². The van der Waals surface area contributed by atoms with E-state index in [4.69, 9.17) is 0 Å². The second-order valence-corrected chi connectivity index (χ2v) is 6.85. The lowest BCUT2D eigenvalue weighted by atomic mass is 9.84. The molecule has 0 aromatic heterocycles. The zero-order chi connectivity index (χ0) is 15.2. The highest BCUT2D eigenvalue weighted by Gasteiger charge is 2.32. The Hall–Kier alpha value is -1.21. The third-order valence-electron chi connectivity index (χ3n) is 2.90. The third-order valence-corrected chi connectivity index (χ3v) is 3.57. The standard InChI is InChI=1S/C16H22BrN3/c1-12(2)9-16(11-18,10-13(3)4)20-19-15-8-6-5-7-14(15)17/h5-8,12-13H,9-10H2,1-4H3. The molecular weight excluding hydrogens is 314 g/mol. The lowest BCUT2D eigenvalue weighted by molar-refractivity contribution is 0.343. The molecule has 1 aromatic rings. The molecule has 0 bridgehead atoms. The van der Waals surface area contributed by atoms with E-state index in [2.05, 4.69) is 59.9 Å². The third kappa shape index (κ3) is 5.05. The highest BCUT2D eigenvalue weighted by Crippen LogP contribution is 2.32. The van der Waals surface area contributed by atoms with E-state index in [-0.39, 0.29) is 0 Å². The first kappa shape index (κ1) is 16.8. The number of benzene rings is 1. The predicted octanol–water partition coefficient (Wildman–Crippen LogP) is 5.89. The summed E-state index contributed by atoms with van der Waals surface area (Å²) in [6.07, 6.45) is 1.46. The van der Waals surface area contributed by atoms with Crippen LogP contribution in [0.15, 0.2) is 39.0 Å². The Labute approximate surface area is 130 Å². The summed E-state index contributed by atoms with van der Waals surface area (Å²) < 4.78 is 0.893. The number of nitrogens with zero attached hydrogens (tertiary/aromatic N) is 3. The number of halogens is 1. The number of azo groups is 1. The molecule has 4 heteroatoms. The van der Waals surface area contributed by atoms with Gasteiger partial charge >= 0.3 is 0 Å². The van der Waals surface area contributed by atoms with E-state index in [1.807, 2.05) is 24.3 Å². The Morgan fingerprint density at radius 1 is 1.15 bits per heavy atom.